The maximum absolute atomic E-state index is 14.5. The number of rotatable bonds is 6. The molecular weight excluding hydrogens is 422 g/mol. The first-order valence-corrected chi connectivity index (χ1v) is 10.0. The van der Waals surface area contributed by atoms with Gasteiger partial charge in [0.05, 0.1) is 10.5 Å². The number of benzene rings is 2. The van der Waals surface area contributed by atoms with Gasteiger partial charge in [0.1, 0.15) is 11.6 Å². The molecule has 0 aliphatic carbocycles. The molecule has 1 aliphatic heterocycles. The molecule has 8 nitrogen and oxygen atoms in total. The number of non-ortho nitro benzene ring substituents is 1. The Hall–Kier alpha value is -3.40. The van der Waals surface area contributed by atoms with Gasteiger partial charge < -0.3 is 10.5 Å². The van der Waals surface area contributed by atoms with Gasteiger partial charge in [-0.25, -0.2) is 8.78 Å². The molecule has 0 spiro atoms. The van der Waals surface area contributed by atoms with E-state index in [1.54, 1.807) is 26.8 Å². The second-order valence-electron chi connectivity index (χ2n) is 8.48. The molecule has 1 unspecified atom stereocenters. The molecule has 0 radical (unpaired) electrons. The van der Waals surface area contributed by atoms with Crippen LogP contribution in [0.1, 0.15) is 44.7 Å². The Morgan fingerprint density at radius 1 is 1.25 bits per heavy atom. The molecule has 32 heavy (non-hydrogen) atoms. The van der Waals surface area contributed by atoms with E-state index in [0.29, 0.717) is 6.42 Å². The standard InChI is InChI=1S/C22H24F2N4O4/c1-21(2,3)20(29)27-22(10-5-11-25,14-6-4-7-16(12-14)28(30)31)32-19(26-27)17-13-15(23)8-9-18(17)24/h4,6-9,12-13H,5,10-11,25H2,1-3H3. The van der Waals surface area contributed by atoms with E-state index in [2.05, 4.69) is 5.10 Å². The van der Waals surface area contributed by atoms with Crippen LogP contribution < -0.4 is 5.73 Å². The van der Waals surface area contributed by atoms with Crippen molar-refractivity contribution >= 4 is 17.5 Å². The van der Waals surface area contributed by atoms with E-state index in [4.69, 9.17) is 10.5 Å². The van der Waals surface area contributed by atoms with Gasteiger partial charge in [-0.3, -0.25) is 14.9 Å². The molecule has 10 heteroatoms. The summed E-state index contributed by atoms with van der Waals surface area (Å²) in [5.41, 5.74) is 2.95. The van der Waals surface area contributed by atoms with Gasteiger partial charge in [-0.05, 0) is 31.2 Å². The van der Waals surface area contributed by atoms with E-state index >= 15 is 0 Å². The summed E-state index contributed by atoms with van der Waals surface area (Å²) in [6.07, 6.45) is 0.488. The minimum absolute atomic E-state index is 0.121. The topological polar surface area (TPSA) is 111 Å². The van der Waals surface area contributed by atoms with Gasteiger partial charge in [0, 0.05) is 29.5 Å². The molecule has 170 valence electrons. The number of nitrogens with zero attached hydrogens (tertiary/aromatic N) is 3. The Balaban J connectivity index is 2.23. The molecule has 2 aromatic rings. The average Bonchev–Trinajstić information content (AvgIpc) is 3.13. The summed E-state index contributed by atoms with van der Waals surface area (Å²) in [5, 5.41) is 16.7. The normalized spacial score (nSPS) is 18.3. The minimum atomic E-state index is -1.62. The van der Waals surface area contributed by atoms with Crippen molar-refractivity contribution in [3.63, 3.8) is 0 Å². The maximum atomic E-state index is 14.5. The van der Waals surface area contributed by atoms with Crippen LogP contribution in [0.4, 0.5) is 14.5 Å². The molecule has 0 saturated carbocycles. The largest absolute Gasteiger partial charge is 0.443 e. The highest BCUT2D eigenvalue weighted by Crippen LogP contribution is 2.43. The van der Waals surface area contributed by atoms with Gasteiger partial charge in [0.15, 0.2) is 0 Å². The Labute approximate surface area is 183 Å². The number of nitro benzene ring substituents is 1. The van der Waals surface area contributed by atoms with Crippen molar-refractivity contribution in [2.24, 2.45) is 16.3 Å². The van der Waals surface area contributed by atoms with Gasteiger partial charge in [-0.1, -0.05) is 32.9 Å². The number of nitrogens with two attached hydrogens (primary N) is 1. The van der Waals surface area contributed by atoms with Gasteiger partial charge in [-0.2, -0.15) is 5.01 Å². The summed E-state index contributed by atoms with van der Waals surface area (Å²) in [7, 11) is 0. The van der Waals surface area contributed by atoms with E-state index in [-0.39, 0.29) is 35.7 Å². The van der Waals surface area contributed by atoms with Crippen LogP contribution in [0.15, 0.2) is 47.6 Å². The fraction of sp³-hybridized carbons (Fsp3) is 0.364. The van der Waals surface area contributed by atoms with E-state index < -0.39 is 33.6 Å². The second-order valence-corrected chi connectivity index (χ2v) is 8.48. The fourth-order valence-electron chi connectivity index (χ4n) is 3.38. The fourth-order valence-corrected chi connectivity index (χ4v) is 3.38. The lowest BCUT2D eigenvalue weighted by Gasteiger charge is -2.37. The zero-order chi connectivity index (χ0) is 23.7. The lowest BCUT2D eigenvalue weighted by molar-refractivity contribution is -0.385. The smallest absolute Gasteiger partial charge is 0.269 e. The van der Waals surface area contributed by atoms with Crippen LogP contribution in [0.25, 0.3) is 0 Å². The first-order valence-electron chi connectivity index (χ1n) is 10.0. The van der Waals surface area contributed by atoms with Crippen LogP contribution in [0, 0.1) is 27.2 Å². The molecule has 1 atom stereocenters. The Bertz CT molecular complexity index is 1080. The van der Waals surface area contributed by atoms with Crippen LogP contribution in [0.5, 0.6) is 0 Å². The van der Waals surface area contributed by atoms with E-state index in [1.165, 1.54) is 18.2 Å². The van der Waals surface area contributed by atoms with Crippen molar-refractivity contribution in [3.8, 4) is 0 Å². The molecule has 0 aromatic heterocycles. The van der Waals surface area contributed by atoms with Crippen LogP contribution in [0.2, 0.25) is 0 Å². The zero-order valence-corrected chi connectivity index (χ0v) is 18.0. The number of hydrogen-bond donors (Lipinski definition) is 1. The Kier molecular flexibility index (Phi) is 6.27. The maximum Gasteiger partial charge on any atom is 0.269 e. The SMILES string of the molecule is CC(C)(C)C(=O)N1N=C(c2cc(F)ccc2F)OC1(CCCN)c1cccc([N+](=O)[O-])c1. The molecule has 3 rings (SSSR count). The highest BCUT2D eigenvalue weighted by atomic mass is 19.1. The van der Waals surface area contributed by atoms with Crippen LogP contribution in [-0.2, 0) is 15.3 Å². The highest BCUT2D eigenvalue weighted by Gasteiger charge is 2.52. The highest BCUT2D eigenvalue weighted by molar-refractivity contribution is 5.97. The molecule has 0 fully saturated rings. The zero-order valence-electron chi connectivity index (χ0n) is 18.0. The summed E-state index contributed by atoms with van der Waals surface area (Å²) < 4.78 is 34.5. The first-order chi connectivity index (χ1) is 15.0. The third-order valence-electron chi connectivity index (χ3n) is 5.02. The molecule has 1 heterocycles. The predicted molar refractivity (Wildman–Crippen MR) is 113 cm³/mol. The quantitative estimate of drug-likeness (QED) is 0.532. The third-order valence-corrected chi connectivity index (χ3v) is 5.02. The van der Waals surface area contributed by atoms with Gasteiger partial charge >= 0.3 is 0 Å². The third kappa shape index (κ3) is 4.31. The van der Waals surface area contributed by atoms with Gasteiger partial charge in [0.25, 0.3) is 11.6 Å². The number of carbonyl (C=O) groups excluding carboxylic acids is 1. The van der Waals surface area contributed by atoms with Crippen molar-refractivity contribution in [3.05, 3.63) is 75.3 Å². The number of halogens is 2. The lowest BCUT2D eigenvalue weighted by atomic mass is 9.90. The summed E-state index contributed by atoms with van der Waals surface area (Å²) >= 11 is 0. The number of hydrogen-bond acceptors (Lipinski definition) is 6. The van der Waals surface area contributed by atoms with Crippen LogP contribution in [-0.4, -0.2) is 28.3 Å². The summed E-state index contributed by atoms with van der Waals surface area (Å²) in [6, 6.07) is 8.40. The predicted octanol–water partition coefficient (Wildman–Crippen LogP) is 4.03. The number of ether oxygens (including phenoxy) is 1. The molecule has 2 aromatic carbocycles. The summed E-state index contributed by atoms with van der Waals surface area (Å²) in [5.74, 6) is -2.27. The molecule has 0 bridgehead atoms. The van der Waals surface area contributed by atoms with Gasteiger partial charge in [-0.15, -0.1) is 5.10 Å². The minimum Gasteiger partial charge on any atom is -0.443 e. The van der Waals surface area contributed by atoms with Crippen LogP contribution >= 0.6 is 0 Å². The average molecular weight is 446 g/mol. The summed E-state index contributed by atoms with van der Waals surface area (Å²) in [4.78, 5) is 24.2. The molecular formula is C22H24F2N4O4. The number of amides is 1. The number of nitro groups is 1. The van der Waals surface area contributed by atoms with Crippen LogP contribution in [0.3, 0.4) is 0 Å². The number of carbonyl (C=O) groups is 1. The van der Waals surface area contributed by atoms with E-state index in [1.807, 2.05) is 0 Å². The number of hydrazone groups is 1. The monoisotopic (exact) mass is 446 g/mol. The van der Waals surface area contributed by atoms with Crippen molar-refractivity contribution < 1.29 is 23.2 Å². The van der Waals surface area contributed by atoms with Crippen molar-refractivity contribution in [1.82, 2.24) is 5.01 Å². The van der Waals surface area contributed by atoms with E-state index in [9.17, 15) is 23.7 Å². The first kappa shape index (κ1) is 23.3. The molecule has 1 amide bonds. The van der Waals surface area contributed by atoms with Gasteiger partial charge in [0.2, 0.25) is 11.6 Å². The van der Waals surface area contributed by atoms with Crippen molar-refractivity contribution in [1.29, 1.82) is 0 Å². The van der Waals surface area contributed by atoms with Crippen molar-refractivity contribution in [2.75, 3.05) is 6.54 Å². The van der Waals surface area contributed by atoms with E-state index in [0.717, 1.165) is 23.2 Å². The Morgan fingerprint density at radius 2 is 1.97 bits per heavy atom. The lowest BCUT2D eigenvalue weighted by Crippen LogP contribution is -2.49. The molecule has 1 aliphatic rings. The molecule has 2 N–H and O–H groups in total. The summed E-state index contributed by atoms with van der Waals surface area (Å²) in [6.45, 7) is 5.26. The second kappa shape index (κ2) is 8.62. The molecule has 0 saturated heterocycles. The van der Waals surface area contributed by atoms with Crippen molar-refractivity contribution in [2.45, 2.75) is 39.3 Å². The Morgan fingerprint density at radius 3 is 2.59 bits per heavy atom.